The number of esters is 1. The van der Waals surface area contributed by atoms with Gasteiger partial charge in [0.25, 0.3) is 0 Å². The van der Waals surface area contributed by atoms with E-state index < -0.39 is 17.2 Å². The highest BCUT2D eigenvalue weighted by molar-refractivity contribution is 8.01. The predicted molar refractivity (Wildman–Crippen MR) is 65.4 cm³/mol. The zero-order valence-electron chi connectivity index (χ0n) is 10.2. The number of nitrogens with one attached hydrogen (secondary N) is 1. The first kappa shape index (κ1) is 15.8. The number of carbonyl (C=O) groups is 3. The second kappa shape index (κ2) is 7.94. The summed E-state index contributed by atoms with van der Waals surface area (Å²) in [6, 6.07) is -0.891. The number of rotatable bonds is 6. The summed E-state index contributed by atoms with van der Waals surface area (Å²) >= 11 is 1.13. The average Bonchev–Trinajstić information content (AvgIpc) is 2.16. The van der Waals surface area contributed by atoms with Crippen molar-refractivity contribution in [3.05, 3.63) is 0 Å². The summed E-state index contributed by atoms with van der Waals surface area (Å²) in [5.74, 6) is -0.811. The Morgan fingerprint density at radius 3 is 2.35 bits per heavy atom. The molecule has 0 saturated heterocycles. The number of hydrogen-bond acceptors (Lipinski definition) is 5. The third-order valence-corrected chi connectivity index (χ3v) is 3.32. The smallest absolute Gasteiger partial charge is 0.318 e. The minimum atomic E-state index is -0.891. The van der Waals surface area contributed by atoms with E-state index in [0.29, 0.717) is 6.61 Å². The van der Waals surface area contributed by atoms with Crippen LogP contribution in [0.1, 0.15) is 20.8 Å². The van der Waals surface area contributed by atoms with Crippen LogP contribution in [-0.2, 0) is 14.3 Å². The van der Waals surface area contributed by atoms with E-state index in [-0.39, 0.29) is 17.6 Å². The Morgan fingerprint density at radius 2 is 1.94 bits per heavy atom. The van der Waals surface area contributed by atoms with Gasteiger partial charge in [0.05, 0.1) is 17.6 Å². The number of amides is 3. The number of imide groups is 1. The Kier molecular flexibility index (Phi) is 7.36. The molecule has 0 bridgehead atoms. The molecule has 0 aliphatic heterocycles. The Labute approximate surface area is 105 Å². The van der Waals surface area contributed by atoms with Crippen molar-refractivity contribution in [2.45, 2.75) is 26.0 Å². The number of hydrogen-bond donors (Lipinski definition) is 2. The summed E-state index contributed by atoms with van der Waals surface area (Å²) in [6.45, 7) is 5.66. The maximum absolute atomic E-state index is 11.6. The topological polar surface area (TPSA) is 98.5 Å². The summed E-state index contributed by atoms with van der Waals surface area (Å²) in [5, 5.41) is 1.50. The van der Waals surface area contributed by atoms with Crippen LogP contribution in [0.4, 0.5) is 4.79 Å². The number of carbonyl (C=O) groups excluding carboxylic acids is 3. The maximum Gasteiger partial charge on any atom is 0.318 e. The van der Waals surface area contributed by atoms with Gasteiger partial charge in [-0.3, -0.25) is 14.9 Å². The van der Waals surface area contributed by atoms with Crippen LogP contribution in [0.3, 0.4) is 0 Å². The van der Waals surface area contributed by atoms with Gasteiger partial charge in [0.1, 0.15) is 0 Å². The minimum absolute atomic E-state index is 0.0197. The molecule has 0 aromatic rings. The van der Waals surface area contributed by atoms with Crippen LogP contribution in [0.5, 0.6) is 0 Å². The predicted octanol–water partition coefficient (Wildman–Crippen LogP) is 0.502. The quantitative estimate of drug-likeness (QED) is 0.679. The molecule has 3 amide bonds. The molecule has 0 fully saturated rings. The number of nitrogens with two attached hydrogens (primary N) is 1. The van der Waals surface area contributed by atoms with Gasteiger partial charge in [-0.05, 0) is 12.8 Å². The molecule has 3 N–H and O–H groups in total. The van der Waals surface area contributed by atoms with Crippen molar-refractivity contribution in [2.75, 3.05) is 12.4 Å². The van der Waals surface area contributed by atoms with Crippen LogP contribution < -0.4 is 11.1 Å². The molecule has 0 spiro atoms. The van der Waals surface area contributed by atoms with Crippen molar-refractivity contribution in [2.24, 2.45) is 11.7 Å². The highest BCUT2D eigenvalue weighted by Crippen LogP contribution is 2.19. The normalized spacial score (nSPS) is 12.0. The van der Waals surface area contributed by atoms with Crippen LogP contribution in [-0.4, -0.2) is 35.5 Å². The van der Waals surface area contributed by atoms with Gasteiger partial charge in [0.15, 0.2) is 0 Å². The monoisotopic (exact) mass is 262 g/mol. The third kappa shape index (κ3) is 6.83. The summed E-state index contributed by atoms with van der Waals surface area (Å²) in [5.41, 5.74) is 4.86. The van der Waals surface area contributed by atoms with Crippen molar-refractivity contribution >= 4 is 29.7 Å². The van der Waals surface area contributed by atoms with E-state index >= 15 is 0 Å². The van der Waals surface area contributed by atoms with Crippen molar-refractivity contribution < 1.29 is 19.1 Å². The fourth-order valence-electron chi connectivity index (χ4n) is 1.12. The largest absolute Gasteiger partial charge is 0.465 e. The molecular formula is C10H18N2O4S. The molecule has 0 unspecified atom stereocenters. The van der Waals surface area contributed by atoms with E-state index in [4.69, 9.17) is 10.5 Å². The molecule has 0 rings (SSSR count). The number of urea groups is 1. The molecule has 0 aromatic heterocycles. The van der Waals surface area contributed by atoms with Crippen molar-refractivity contribution in [1.82, 2.24) is 5.32 Å². The van der Waals surface area contributed by atoms with Gasteiger partial charge in [-0.15, -0.1) is 11.8 Å². The van der Waals surface area contributed by atoms with Gasteiger partial charge >= 0.3 is 12.0 Å². The Morgan fingerprint density at radius 1 is 1.35 bits per heavy atom. The van der Waals surface area contributed by atoms with E-state index in [1.54, 1.807) is 6.92 Å². The van der Waals surface area contributed by atoms with Crippen LogP contribution >= 0.6 is 11.8 Å². The minimum Gasteiger partial charge on any atom is -0.465 e. The zero-order valence-corrected chi connectivity index (χ0v) is 11.0. The zero-order chi connectivity index (χ0) is 13.4. The van der Waals surface area contributed by atoms with Gasteiger partial charge in [0, 0.05) is 0 Å². The number of ether oxygens (including phenoxy) is 1. The van der Waals surface area contributed by atoms with E-state index in [0.717, 1.165) is 11.8 Å². The highest BCUT2D eigenvalue weighted by atomic mass is 32.2. The summed E-state index contributed by atoms with van der Waals surface area (Å²) in [6.07, 6.45) is 0. The van der Waals surface area contributed by atoms with Gasteiger partial charge in [-0.1, -0.05) is 13.8 Å². The lowest BCUT2D eigenvalue weighted by Gasteiger charge is -2.18. The average molecular weight is 262 g/mol. The number of primary amides is 1. The van der Waals surface area contributed by atoms with Crippen molar-refractivity contribution in [1.29, 1.82) is 0 Å². The Hall–Kier alpha value is -1.24. The Balaban J connectivity index is 4.29. The van der Waals surface area contributed by atoms with E-state index in [9.17, 15) is 14.4 Å². The van der Waals surface area contributed by atoms with Crippen molar-refractivity contribution in [3.63, 3.8) is 0 Å². The molecule has 98 valence electrons. The first-order chi connectivity index (χ1) is 7.88. The van der Waals surface area contributed by atoms with Crippen LogP contribution in [0.15, 0.2) is 0 Å². The molecule has 7 heteroatoms. The van der Waals surface area contributed by atoms with Crippen LogP contribution in [0.2, 0.25) is 0 Å². The first-order valence-corrected chi connectivity index (χ1v) is 6.30. The molecule has 0 aliphatic carbocycles. The lowest BCUT2D eigenvalue weighted by atomic mass is 10.1. The molecule has 6 nitrogen and oxygen atoms in total. The van der Waals surface area contributed by atoms with E-state index in [1.165, 1.54) is 0 Å². The van der Waals surface area contributed by atoms with Gasteiger partial charge in [-0.2, -0.15) is 0 Å². The second-order valence-corrected chi connectivity index (χ2v) is 4.76. The van der Waals surface area contributed by atoms with Crippen LogP contribution in [0, 0.1) is 5.92 Å². The van der Waals surface area contributed by atoms with E-state index in [2.05, 4.69) is 0 Å². The summed E-state index contributed by atoms with van der Waals surface area (Å²) in [7, 11) is 0. The molecule has 0 saturated carbocycles. The number of thioether (sulfide) groups is 1. The SMILES string of the molecule is CCOC(=O)CS[C@H](C(=O)NC(N)=O)C(C)C. The van der Waals surface area contributed by atoms with Gasteiger partial charge < -0.3 is 10.5 Å². The van der Waals surface area contributed by atoms with Crippen LogP contribution in [0.25, 0.3) is 0 Å². The lowest BCUT2D eigenvalue weighted by molar-refractivity contribution is -0.139. The molecule has 17 heavy (non-hydrogen) atoms. The summed E-state index contributed by atoms with van der Waals surface area (Å²) < 4.78 is 4.75. The van der Waals surface area contributed by atoms with Gasteiger partial charge in [0.2, 0.25) is 5.91 Å². The summed E-state index contributed by atoms with van der Waals surface area (Å²) in [4.78, 5) is 33.3. The molecule has 0 heterocycles. The van der Waals surface area contributed by atoms with Gasteiger partial charge in [-0.25, -0.2) is 4.79 Å². The lowest BCUT2D eigenvalue weighted by Crippen LogP contribution is -2.42. The molecule has 0 radical (unpaired) electrons. The van der Waals surface area contributed by atoms with E-state index in [1.807, 2.05) is 19.2 Å². The Bertz CT molecular complexity index is 294. The standard InChI is InChI=1S/C10H18N2O4S/c1-4-16-7(13)5-17-8(6(2)3)9(14)12-10(11)15/h6,8H,4-5H2,1-3H3,(H3,11,12,14,15)/t8-/m0/s1. The molecular weight excluding hydrogens is 244 g/mol. The second-order valence-electron chi connectivity index (χ2n) is 3.63. The third-order valence-electron chi connectivity index (χ3n) is 1.80. The molecule has 0 aromatic carbocycles. The fourth-order valence-corrected chi connectivity index (χ4v) is 2.12. The molecule has 1 atom stereocenters. The highest BCUT2D eigenvalue weighted by Gasteiger charge is 2.24. The first-order valence-electron chi connectivity index (χ1n) is 5.26. The maximum atomic E-state index is 11.6. The fraction of sp³-hybridized carbons (Fsp3) is 0.700. The molecule has 0 aliphatic rings. The van der Waals surface area contributed by atoms with Crippen molar-refractivity contribution in [3.8, 4) is 0 Å².